The van der Waals surface area contributed by atoms with E-state index >= 15 is 0 Å². The van der Waals surface area contributed by atoms with Crippen molar-refractivity contribution >= 4 is 33.3 Å². The lowest BCUT2D eigenvalue weighted by Gasteiger charge is -2.23. The minimum atomic E-state index is -0.0800. The fourth-order valence-electron chi connectivity index (χ4n) is 3.53. The Morgan fingerprint density at radius 1 is 1.24 bits per heavy atom. The third-order valence-corrected chi connectivity index (χ3v) is 5.90. The van der Waals surface area contributed by atoms with Crippen LogP contribution in [0.5, 0.6) is 5.75 Å². The maximum absolute atomic E-state index is 12.5. The molecule has 6 nitrogen and oxygen atoms in total. The van der Waals surface area contributed by atoms with Gasteiger partial charge in [-0.1, -0.05) is 41.5 Å². The maximum Gasteiger partial charge on any atom is 0.226 e. The van der Waals surface area contributed by atoms with Crippen molar-refractivity contribution in [1.82, 2.24) is 14.8 Å². The Morgan fingerprint density at radius 3 is 2.86 bits per heavy atom. The van der Waals surface area contributed by atoms with Gasteiger partial charge in [0.1, 0.15) is 18.2 Å². The Balaban J connectivity index is 1.52. The summed E-state index contributed by atoms with van der Waals surface area (Å²) in [6.45, 7) is 0.226. The number of carbonyl (C=O) groups excluding carboxylic acids is 1. The summed E-state index contributed by atoms with van der Waals surface area (Å²) in [4.78, 5) is 17.1. The van der Waals surface area contributed by atoms with Gasteiger partial charge in [-0.3, -0.25) is 4.79 Å². The molecule has 7 heteroatoms. The summed E-state index contributed by atoms with van der Waals surface area (Å²) < 4.78 is 8.23. The van der Waals surface area contributed by atoms with Crippen molar-refractivity contribution in [3.8, 4) is 23.2 Å². The summed E-state index contributed by atoms with van der Waals surface area (Å²) in [5, 5.41) is 8.23. The molecule has 5 rings (SSSR count). The number of anilines is 1. The molecule has 1 unspecified atom stereocenters. The number of nitrogens with zero attached hydrogens (tertiary/aromatic N) is 3. The van der Waals surface area contributed by atoms with E-state index in [0.717, 1.165) is 26.5 Å². The van der Waals surface area contributed by atoms with E-state index in [1.54, 1.807) is 16.0 Å². The molecule has 2 aromatic carbocycles. The van der Waals surface area contributed by atoms with Gasteiger partial charge in [0.05, 0.1) is 16.4 Å². The SMILES string of the molecule is C#CCOc1ccc(C2CC(=O)Nc3c2cnn3-c2nc3ccccc3s2)cc1. The minimum absolute atomic E-state index is 0.0435. The number of hydrogen-bond acceptors (Lipinski definition) is 5. The van der Waals surface area contributed by atoms with Gasteiger partial charge in [0.25, 0.3) is 0 Å². The Kier molecular flexibility index (Phi) is 4.26. The van der Waals surface area contributed by atoms with Crippen LogP contribution in [0.2, 0.25) is 0 Å². The van der Waals surface area contributed by atoms with Gasteiger partial charge < -0.3 is 10.1 Å². The van der Waals surface area contributed by atoms with Crippen molar-refractivity contribution < 1.29 is 9.53 Å². The lowest BCUT2D eigenvalue weighted by Crippen LogP contribution is -2.24. The molecule has 0 saturated heterocycles. The number of hydrogen-bond donors (Lipinski definition) is 1. The normalized spacial score (nSPS) is 15.6. The van der Waals surface area contributed by atoms with Gasteiger partial charge in [-0.25, -0.2) is 4.98 Å². The molecular formula is C22H16N4O2S. The van der Waals surface area contributed by atoms with Gasteiger partial charge in [0.15, 0.2) is 0 Å². The van der Waals surface area contributed by atoms with Crippen LogP contribution in [0.3, 0.4) is 0 Å². The predicted octanol–water partition coefficient (Wildman–Crippen LogP) is 3.97. The molecule has 4 aromatic rings. The number of ether oxygens (including phenoxy) is 1. The summed E-state index contributed by atoms with van der Waals surface area (Å²) >= 11 is 1.54. The first-order chi connectivity index (χ1) is 14.2. The second kappa shape index (κ2) is 7.08. The van der Waals surface area contributed by atoms with Crippen LogP contribution in [0, 0.1) is 12.3 Å². The van der Waals surface area contributed by atoms with Crippen LogP contribution >= 0.6 is 11.3 Å². The van der Waals surface area contributed by atoms with E-state index in [2.05, 4.69) is 21.3 Å². The third-order valence-electron chi connectivity index (χ3n) is 4.89. The van der Waals surface area contributed by atoms with Crippen LogP contribution in [-0.2, 0) is 4.79 Å². The topological polar surface area (TPSA) is 69.0 Å². The van der Waals surface area contributed by atoms with Crippen LogP contribution < -0.4 is 10.1 Å². The molecule has 2 aromatic heterocycles. The molecule has 0 aliphatic carbocycles. The van der Waals surface area contributed by atoms with E-state index in [-0.39, 0.29) is 18.4 Å². The van der Waals surface area contributed by atoms with Crippen LogP contribution in [-0.4, -0.2) is 27.3 Å². The van der Waals surface area contributed by atoms with E-state index in [9.17, 15) is 4.79 Å². The Hall–Kier alpha value is -3.63. The first-order valence-electron chi connectivity index (χ1n) is 9.13. The highest BCUT2D eigenvalue weighted by atomic mass is 32.1. The monoisotopic (exact) mass is 400 g/mol. The molecule has 0 spiro atoms. The lowest BCUT2D eigenvalue weighted by atomic mass is 9.87. The van der Waals surface area contributed by atoms with Gasteiger partial charge in [0, 0.05) is 17.9 Å². The molecule has 1 aliphatic heterocycles. The summed E-state index contributed by atoms with van der Waals surface area (Å²) in [5.74, 6) is 3.71. The number of carbonyl (C=O) groups is 1. The van der Waals surface area contributed by atoms with Crippen LogP contribution in [0.1, 0.15) is 23.5 Å². The molecular weight excluding hydrogens is 384 g/mol. The third kappa shape index (κ3) is 3.13. The highest BCUT2D eigenvalue weighted by Crippen LogP contribution is 2.39. The number of fused-ring (bicyclic) bond motifs is 2. The maximum atomic E-state index is 12.5. The number of terminal acetylenes is 1. The first kappa shape index (κ1) is 17.5. The van der Waals surface area contributed by atoms with Gasteiger partial charge in [0.2, 0.25) is 11.0 Å². The zero-order chi connectivity index (χ0) is 19.8. The van der Waals surface area contributed by atoms with Crippen LogP contribution in [0.4, 0.5) is 5.82 Å². The number of thiazole rings is 1. The van der Waals surface area contributed by atoms with Crippen molar-refractivity contribution in [3.05, 3.63) is 65.9 Å². The smallest absolute Gasteiger partial charge is 0.226 e. The molecule has 142 valence electrons. The van der Waals surface area contributed by atoms with Crippen molar-refractivity contribution in [2.45, 2.75) is 12.3 Å². The number of amides is 1. The predicted molar refractivity (Wildman–Crippen MR) is 113 cm³/mol. The molecule has 1 atom stereocenters. The largest absolute Gasteiger partial charge is 0.481 e. The molecule has 1 aliphatic rings. The summed E-state index contributed by atoms with van der Waals surface area (Å²) in [5.41, 5.74) is 2.91. The summed E-state index contributed by atoms with van der Waals surface area (Å²) in [7, 11) is 0. The second-order valence-electron chi connectivity index (χ2n) is 6.69. The van der Waals surface area contributed by atoms with E-state index in [1.165, 1.54) is 0 Å². The van der Waals surface area contributed by atoms with Gasteiger partial charge in [-0.2, -0.15) is 9.78 Å². The van der Waals surface area contributed by atoms with Gasteiger partial charge >= 0.3 is 0 Å². The van der Waals surface area contributed by atoms with Crippen molar-refractivity contribution in [1.29, 1.82) is 0 Å². The molecule has 1 N–H and O–H groups in total. The minimum Gasteiger partial charge on any atom is -0.481 e. The van der Waals surface area contributed by atoms with Crippen LogP contribution in [0.25, 0.3) is 15.3 Å². The molecule has 0 bridgehead atoms. The van der Waals surface area contributed by atoms with Gasteiger partial charge in [-0.15, -0.1) is 6.42 Å². The zero-order valence-electron chi connectivity index (χ0n) is 15.3. The number of para-hydroxylation sites is 1. The standard InChI is InChI=1S/C22H16N4O2S/c1-2-11-28-15-9-7-14(8-10-15)16-12-20(27)25-21-17(16)13-23-26(21)22-24-18-5-3-4-6-19(18)29-22/h1,3-10,13,16H,11-12H2,(H,25,27). The van der Waals surface area contributed by atoms with Crippen molar-refractivity contribution in [3.63, 3.8) is 0 Å². The first-order valence-corrected chi connectivity index (χ1v) is 9.94. The van der Waals surface area contributed by atoms with E-state index in [4.69, 9.17) is 11.2 Å². The quantitative estimate of drug-likeness (QED) is 0.527. The fraction of sp³-hybridized carbons (Fsp3) is 0.136. The highest BCUT2D eigenvalue weighted by Gasteiger charge is 2.31. The Morgan fingerprint density at radius 2 is 2.07 bits per heavy atom. The van der Waals surface area contributed by atoms with Gasteiger partial charge in [-0.05, 0) is 29.8 Å². The average Bonchev–Trinajstić information content (AvgIpc) is 3.35. The fourth-order valence-corrected chi connectivity index (χ4v) is 4.46. The molecule has 3 heterocycles. The molecule has 0 saturated carbocycles. The average molecular weight is 400 g/mol. The van der Waals surface area contributed by atoms with E-state index in [1.807, 2.05) is 54.7 Å². The molecule has 0 fully saturated rings. The zero-order valence-corrected chi connectivity index (χ0v) is 16.1. The van der Waals surface area contributed by atoms with Crippen LogP contribution in [0.15, 0.2) is 54.7 Å². The number of aromatic nitrogens is 3. The molecule has 1 amide bonds. The highest BCUT2D eigenvalue weighted by molar-refractivity contribution is 7.20. The lowest BCUT2D eigenvalue weighted by molar-refractivity contribution is -0.116. The van der Waals surface area contributed by atoms with E-state index in [0.29, 0.717) is 18.0 Å². The Bertz CT molecular complexity index is 1220. The second-order valence-corrected chi connectivity index (χ2v) is 7.70. The summed E-state index contributed by atoms with van der Waals surface area (Å²) in [6.07, 6.45) is 7.41. The molecule has 0 radical (unpaired) electrons. The van der Waals surface area contributed by atoms with E-state index < -0.39 is 0 Å². The summed E-state index contributed by atoms with van der Waals surface area (Å²) in [6, 6.07) is 15.6. The number of nitrogens with one attached hydrogen (secondary N) is 1. The number of benzene rings is 2. The molecule has 29 heavy (non-hydrogen) atoms. The van der Waals surface area contributed by atoms with Crippen molar-refractivity contribution in [2.75, 3.05) is 11.9 Å². The number of rotatable bonds is 4. The Labute approximate surface area is 171 Å². The van der Waals surface area contributed by atoms with Crippen molar-refractivity contribution in [2.24, 2.45) is 0 Å².